The van der Waals surface area contributed by atoms with E-state index in [1.54, 1.807) is 14.0 Å². The molecule has 6 heteroatoms. The normalized spacial score (nSPS) is 28.2. The third-order valence-corrected chi connectivity index (χ3v) is 5.08. The molecule has 0 bridgehead atoms. The van der Waals surface area contributed by atoms with E-state index in [-0.39, 0.29) is 22.9 Å². The van der Waals surface area contributed by atoms with Crippen molar-refractivity contribution in [1.29, 1.82) is 0 Å². The van der Waals surface area contributed by atoms with Gasteiger partial charge in [0.1, 0.15) is 5.56 Å². The van der Waals surface area contributed by atoms with E-state index in [9.17, 15) is 9.59 Å². The van der Waals surface area contributed by atoms with Crippen LogP contribution in [0.5, 0.6) is 0 Å². The Hall–Kier alpha value is -1.66. The molecule has 2 fully saturated rings. The van der Waals surface area contributed by atoms with Crippen LogP contribution in [-0.2, 0) is 4.74 Å². The molecule has 1 aliphatic heterocycles. The molecule has 2 N–H and O–H groups in total. The first-order valence-corrected chi connectivity index (χ1v) is 8.35. The highest BCUT2D eigenvalue weighted by molar-refractivity contribution is 5.94. The minimum atomic E-state index is -0.273. The molecule has 3 atom stereocenters. The number of hydrogen-bond donors (Lipinski definition) is 2. The van der Waals surface area contributed by atoms with Crippen molar-refractivity contribution in [3.8, 4) is 0 Å². The van der Waals surface area contributed by atoms with Crippen LogP contribution in [0.1, 0.15) is 41.7 Å². The fourth-order valence-corrected chi connectivity index (χ4v) is 3.79. The van der Waals surface area contributed by atoms with Crippen molar-refractivity contribution in [2.24, 2.45) is 0 Å². The maximum absolute atomic E-state index is 12.4. The monoisotopic (exact) mass is 319 g/mol. The smallest absolute Gasteiger partial charge is 0.257 e. The summed E-state index contributed by atoms with van der Waals surface area (Å²) in [5.74, 6) is -0.273. The Balaban J connectivity index is 1.66. The van der Waals surface area contributed by atoms with Crippen LogP contribution in [0.15, 0.2) is 17.1 Å². The van der Waals surface area contributed by atoms with Crippen LogP contribution in [0, 0.1) is 6.92 Å². The van der Waals surface area contributed by atoms with Crippen LogP contribution in [0.3, 0.4) is 0 Å². The van der Waals surface area contributed by atoms with Crippen LogP contribution in [0.25, 0.3) is 0 Å². The molecular formula is C17H25N3O3. The number of likely N-dealkylation sites (tertiary alicyclic amines) is 1. The third kappa shape index (κ3) is 3.48. The van der Waals surface area contributed by atoms with Gasteiger partial charge in [0.25, 0.3) is 5.91 Å². The summed E-state index contributed by atoms with van der Waals surface area (Å²) in [4.78, 5) is 29.8. The van der Waals surface area contributed by atoms with Crippen molar-refractivity contribution < 1.29 is 9.53 Å². The number of methoxy groups -OCH3 is 1. The maximum atomic E-state index is 12.4. The molecule has 6 nitrogen and oxygen atoms in total. The van der Waals surface area contributed by atoms with Gasteiger partial charge in [-0.25, -0.2) is 0 Å². The van der Waals surface area contributed by atoms with Gasteiger partial charge in [-0.3, -0.25) is 14.5 Å². The summed E-state index contributed by atoms with van der Waals surface area (Å²) in [5, 5.41) is 3.07. The number of ether oxygens (including phenoxy) is 1. The largest absolute Gasteiger partial charge is 0.380 e. The van der Waals surface area contributed by atoms with Gasteiger partial charge in [-0.15, -0.1) is 0 Å². The van der Waals surface area contributed by atoms with Gasteiger partial charge in [0.05, 0.1) is 6.10 Å². The molecule has 126 valence electrons. The van der Waals surface area contributed by atoms with Crippen LogP contribution in [0.2, 0.25) is 0 Å². The van der Waals surface area contributed by atoms with E-state index in [2.05, 4.69) is 15.2 Å². The zero-order valence-corrected chi connectivity index (χ0v) is 13.8. The van der Waals surface area contributed by atoms with Crippen molar-refractivity contribution in [1.82, 2.24) is 15.2 Å². The average molecular weight is 319 g/mol. The van der Waals surface area contributed by atoms with E-state index in [1.807, 2.05) is 0 Å². The van der Waals surface area contributed by atoms with Gasteiger partial charge in [-0.05, 0) is 32.6 Å². The molecule has 2 heterocycles. The molecule has 0 radical (unpaired) electrons. The van der Waals surface area contributed by atoms with E-state index in [1.165, 1.54) is 12.3 Å². The van der Waals surface area contributed by atoms with Crippen molar-refractivity contribution in [2.75, 3.05) is 20.2 Å². The Bertz CT molecular complexity index is 628. The van der Waals surface area contributed by atoms with Gasteiger partial charge in [-0.1, -0.05) is 0 Å². The lowest BCUT2D eigenvalue weighted by molar-refractivity contribution is 0.0872. The minimum absolute atomic E-state index is 0.110. The second kappa shape index (κ2) is 6.84. The highest BCUT2D eigenvalue weighted by Crippen LogP contribution is 2.28. The molecule has 3 rings (SSSR count). The highest BCUT2D eigenvalue weighted by atomic mass is 16.5. The second-order valence-electron chi connectivity index (χ2n) is 6.61. The lowest BCUT2D eigenvalue weighted by Gasteiger charge is -2.29. The fourth-order valence-electron chi connectivity index (χ4n) is 3.79. The average Bonchev–Trinajstić information content (AvgIpc) is 3.15. The van der Waals surface area contributed by atoms with E-state index in [0.717, 1.165) is 44.5 Å². The summed E-state index contributed by atoms with van der Waals surface area (Å²) in [7, 11) is 1.76. The SMILES string of the molecule is COC1CCN([C@H]2CCC[C@H]2NC(=O)c2c[nH]c(C)cc2=O)C1. The lowest BCUT2D eigenvalue weighted by Crippen LogP contribution is -2.48. The molecule has 0 aromatic carbocycles. The number of carbonyl (C=O) groups excluding carboxylic acids is 1. The molecule has 1 aliphatic carbocycles. The Morgan fingerprint density at radius 2 is 2.22 bits per heavy atom. The van der Waals surface area contributed by atoms with Crippen molar-refractivity contribution >= 4 is 5.91 Å². The molecule has 23 heavy (non-hydrogen) atoms. The summed E-state index contributed by atoms with van der Waals surface area (Å²) in [6.45, 7) is 3.75. The van der Waals surface area contributed by atoms with Crippen LogP contribution < -0.4 is 10.7 Å². The Morgan fingerprint density at radius 3 is 2.91 bits per heavy atom. The number of aromatic nitrogens is 1. The van der Waals surface area contributed by atoms with Gasteiger partial charge in [0, 0.05) is 50.2 Å². The molecule has 1 saturated heterocycles. The third-order valence-electron chi connectivity index (χ3n) is 5.08. The van der Waals surface area contributed by atoms with Gasteiger partial charge >= 0.3 is 0 Å². The fraction of sp³-hybridized carbons (Fsp3) is 0.647. The molecule has 1 aromatic rings. The molecule has 2 aliphatic rings. The second-order valence-corrected chi connectivity index (χ2v) is 6.61. The summed E-state index contributed by atoms with van der Waals surface area (Å²) in [5.41, 5.74) is 0.722. The highest BCUT2D eigenvalue weighted by Gasteiger charge is 2.37. The van der Waals surface area contributed by atoms with Gasteiger partial charge < -0.3 is 15.0 Å². The number of H-pyrrole nitrogens is 1. The lowest BCUT2D eigenvalue weighted by atomic mass is 10.1. The molecular weight excluding hydrogens is 294 g/mol. The molecule has 0 spiro atoms. The van der Waals surface area contributed by atoms with Crippen molar-refractivity contribution in [2.45, 2.75) is 50.8 Å². The number of aryl methyl sites for hydroxylation is 1. The molecule has 1 amide bonds. The minimum Gasteiger partial charge on any atom is -0.380 e. The number of nitrogens with one attached hydrogen (secondary N) is 2. The van der Waals surface area contributed by atoms with Crippen LogP contribution >= 0.6 is 0 Å². The number of pyridine rings is 1. The number of amides is 1. The van der Waals surface area contributed by atoms with E-state index in [0.29, 0.717) is 12.1 Å². The standard InChI is InChI=1S/C17H25N3O3/c1-11-8-16(21)13(9-18-11)17(22)19-14-4-3-5-15(14)20-7-6-12(10-20)23-2/h8-9,12,14-15H,3-7,10H2,1-2H3,(H,18,21)(H,19,22)/t12?,14-,15+/m1/s1. The van der Waals surface area contributed by atoms with E-state index < -0.39 is 0 Å². The molecule has 1 aromatic heterocycles. The van der Waals surface area contributed by atoms with Gasteiger partial charge in [-0.2, -0.15) is 0 Å². The van der Waals surface area contributed by atoms with E-state index in [4.69, 9.17) is 4.74 Å². The van der Waals surface area contributed by atoms with Crippen molar-refractivity contribution in [3.63, 3.8) is 0 Å². The zero-order valence-electron chi connectivity index (χ0n) is 13.8. The first kappa shape index (κ1) is 16.2. The Labute approximate surface area is 136 Å². The zero-order chi connectivity index (χ0) is 16.4. The summed E-state index contributed by atoms with van der Waals surface area (Å²) in [6.07, 6.45) is 6.01. The molecule has 1 unspecified atom stereocenters. The first-order chi connectivity index (χ1) is 11.1. The summed E-state index contributed by atoms with van der Waals surface area (Å²) in [6, 6.07) is 1.92. The summed E-state index contributed by atoms with van der Waals surface area (Å²) >= 11 is 0. The number of nitrogens with zero attached hydrogens (tertiary/aromatic N) is 1. The Kier molecular flexibility index (Phi) is 4.82. The molecule has 1 saturated carbocycles. The van der Waals surface area contributed by atoms with Crippen LogP contribution in [0.4, 0.5) is 0 Å². The number of hydrogen-bond acceptors (Lipinski definition) is 4. The number of aromatic amines is 1. The summed E-state index contributed by atoms with van der Waals surface area (Å²) < 4.78 is 5.44. The van der Waals surface area contributed by atoms with Gasteiger partial charge in [0.2, 0.25) is 0 Å². The van der Waals surface area contributed by atoms with Gasteiger partial charge in [0.15, 0.2) is 5.43 Å². The predicted octanol–water partition coefficient (Wildman–Crippen LogP) is 1.05. The van der Waals surface area contributed by atoms with Crippen LogP contribution in [-0.4, -0.2) is 54.2 Å². The first-order valence-electron chi connectivity index (χ1n) is 8.35. The van der Waals surface area contributed by atoms with Crippen molar-refractivity contribution in [3.05, 3.63) is 33.7 Å². The Morgan fingerprint density at radius 1 is 1.39 bits per heavy atom. The maximum Gasteiger partial charge on any atom is 0.257 e. The van der Waals surface area contributed by atoms with E-state index >= 15 is 0 Å². The predicted molar refractivity (Wildman–Crippen MR) is 87.7 cm³/mol. The quantitative estimate of drug-likeness (QED) is 0.870. The number of rotatable bonds is 4. The number of carbonyl (C=O) groups is 1. The topological polar surface area (TPSA) is 74.4 Å².